The molecule has 0 fully saturated rings. The minimum Gasteiger partial charge on any atom is -0.302 e. The summed E-state index contributed by atoms with van der Waals surface area (Å²) in [7, 11) is 3.63. The summed E-state index contributed by atoms with van der Waals surface area (Å²) in [6, 6.07) is 4.63. The number of Topliss-reactive ketones (excluding diaryl/α,β-unsaturated/α-hetero) is 1. The molecule has 1 aromatic rings. The standard InChI is InChI=1S/C11H13BrFNO/c1-14(2)7-10(15)6-8-5-9(12)3-4-11(8)13/h3-5H,6-7H2,1-2H3. The summed E-state index contributed by atoms with van der Waals surface area (Å²) in [5.74, 6) is -0.317. The van der Waals surface area contributed by atoms with Gasteiger partial charge in [0.25, 0.3) is 0 Å². The van der Waals surface area contributed by atoms with E-state index >= 15 is 0 Å². The summed E-state index contributed by atoms with van der Waals surface area (Å²) >= 11 is 3.25. The van der Waals surface area contributed by atoms with Crippen LogP contribution in [0.15, 0.2) is 22.7 Å². The number of ketones is 1. The van der Waals surface area contributed by atoms with Crippen molar-refractivity contribution in [1.82, 2.24) is 4.90 Å². The minimum absolute atomic E-state index is 0.0111. The van der Waals surface area contributed by atoms with Crippen LogP contribution in [0.4, 0.5) is 4.39 Å². The number of likely N-dealkylation sites (N-methyl/N-ethyl adjacent to an activating group) is 1. The van der Waals surface area contributed by atoms with Crippen LogP contribution in [-0.4, -0.2) is 31.3 Å². The van der Waals surface area contributed by atoms with Crippen LogP contribution in [0.1, 0.15) is 5.56 Å². The van der Waals surface area contributed by atoms with Gasteiger partial charge in [0.15, 0.2) is 5.78 Å². The molecule has 82 valence electrons. The van der Waals surface area contributed by atoms with E-state index in [4.69, 9.17) is 0 Å². The molecule has 0 radical (unpaired) electrons. The predicted molar refractivity (Wildman–Crippen MR) is 61.4 cm³/mol. The molecule has 0 atom stereocenters. The van der Waals surface area contributed by atoms with Crippen molar-refractivity contribution in [2.75, 3.05) is 20.6 Å². The molecule has 0 N–H and O–H groups in total. The van der Waals surface area contributed by atoms with Crippen LogP contribution in [0, 0.1) is 5.82 Å². The second kappa shape index (κ2) is 5.37. The van der Waals surface area contributed by atoms with Gasteiger partial charge in [-0.15, -0.1) is 0 Å². The number of hydrogen-bond donors (Lipinski definition) is 0. The number of nitrogens with zero attached hydrogens (tertiary/aromatic N) is 1. The highest BCUT2D eigenvalue weighted by Gasteiger charge is 2.09. The lowest BCUT2D eigenvalue weighted by Crippen LogP contribution is -2.23. The van der Waals surface area contributed by atoms with Gasteiger partial charge in [-0.1, -0.05) is 15.9 Å². The molecule has 0 saturated carbocycles. The van der Waals surface area contributed by atoms with E-state index in [1.165, 1.54) is 6.07 Å². The Morgan fingerprint density at radius 2 is 2.13 bits per heavy atom. The van der Waals surface area contributed by atoms with Crippen molar-refractivity contribution in [2.24, 2.45) is 0 Å². The molecule has 0 heterocycles. The molecular formula is C11H13BrFNO. The van der Waals surface area contributed by atoms with Gasteiger partial charge < -0.3 is 4.90 Å². The maximum Gasteiger partial charge on any atom is 0.151 e. The molecule has 0 aliphatic rings. The maximum absolute atomic E-state index is 13.3. The van der Waals surface area contributed by atoms with E-state index in [0.717, 1.165) is 4.47 Å². The van der Waals surface area contributed by atoms with Gasteiger partial charge in [0.05, 0.1) is 6.54 Å². The Kier molecular flexibility index (Phi) is 4.42. The highest BCUT2D eigenvalue weighted by molar-refractivity contribution is 9.10. The Balaban J connectivity index is 2.71. The van der Waals surface area contributed by atoms with E-state index in [2.05, 4.69) is 15.9 Å². The zero-order chi connectivity index (χ0) is 11.4. The lowest BCUT2D eigenvalue weighted by atomic mass is 10.1. The monoisotopic (exact) mass is 273 g/mol. The first-order valence-electron chi connectivity index (χ1n) is 4.59. The fraction of sp³-hybridized carbons (Fsp3) is 0.364. The average molecular weight is 274 g/mol. The summed E-state index contributed by atoms with van der Waals surface area (Å²) in [6.07, 6.45) is 0.142. The van der Waals surface area contributed by atoms with Crippen LogP contribution in [0.2, 0.25) is 0 Å². The van der Waals surface area contributed by atoms with Gasteiger partial charge in [0, 0.05) is 10.9 Å². The molecular weight excluding hydrogens is 261 g/mol. The van der Waals surface area contributed by atoms with Crippen molar-refractivity contribution in [3.63, 3.8) is 0 Å². The molecule has 0 aromatic heterocycles. The number of rotatable bonds is 4. The van der Waals surface area contributed by atoms with Crippen LogP contribution in [0.5, 0.6) is 0 Å². The topological polar surface area (TPSA) is 20.3 Å². The zero-order valence-corrected chi connectivity index (χ0v) is 10.3. The quantitative estimate of drug-likeness (QED) is 0.839. The lowest BCUT2D eigenvalue weighted by Gasteiger charge is -2.08. The molecule has 0 bridgehead atoms. The van der Waals surface area contributed by atoms with E-state index in [1.807, 2.05) is 14.1 Å². The zero-order valence-electron chi connectivity index (χ0n) is 8.76. The van der Waals surface area contributed by atoms with Crippen molar-refractivity contribution in [1.29, 1.82) is 0 Å². The highest BCUT2D eigenvalue weighted by Crippen LogP contribution is 2.16. The van der Waals surface area contributed by atoms with Crippen LogP contribution < -0.4 is 0 Å². The first-order chi connectivity index (χ1) is 6.99. The van der Waals surface area contributed by atoms with Crippen molar-refractivity contribution in [2.45, 2.75) is 6.42 Å². The smallest absolute Gasteiger partial charge is 0.151 e. The number of carbonyl (C=O) groups excluding carboxylic acids is 1. The van der Waals surface area contributed by atoms with Gasteiger partial charge in [-0.2, -0.15) is 0 Å². The van der Waals surface area contributed by atoms with Crippen molar-refractivity contribution >= 4 is 21.7 Å². The minimum atomic E-state index is -0.328. The molecule has 1 rings (SSSR count). The molecule has 0 spiro atoms. The second-order valence-electron chi connectivity index (χ2n) is 3.69. The van der Waals surface area contributed by atoms with Gasteiger partial charge in [-0.3, -0.25) is 4.79 Å². The van der Waals surface area contributed by atoms with Gasteiger partial charge in [-0.05, 0) is 37.9 Å². The average Bonchev–Trinajstić information content (AvgIpc) is 2.10. The summed E-state index contributed by atoms with van der Waals surface area (Å²) in [5.41, 5.74) is 0.441. The Morgan fingerprint density at radius 3 is 2.73 bits per heavy atom. The van der Waals surface area contributed by atoms with Crippen LogP contribution >= 0.6 is 15.9 Å². The molecule has 2 nitrogen and oxygen atoms in total. The number of benzene rings is 1. The molecule has 1 aromatic carbocycles. The van der Waals surface area contributed by atoms with E-state index in [9.17, 15) is 9.18 Å². The molecule has 0 aliphatic carbocycles. The summed E-state index contributed by atoms with van der Waals surface area (Å²) in [5, 5.41) is 0. The van der Waals surface area contributed by atoms with E-state index in [0.29, 0.717) is 12.1 Å². The third kappa shape index (κ3) is 4.10. The Morgan fingerprint density at radius 1 is 1.47 bits per heavy atom. The van der Waals surface area contributed by atoms with Crippen LogP contribution in [0.25, 0.3) is 0 Å². The van der Waals surface area contributed by atoms with Gasteiger partial charge in [-0.25, -0.2) is 4.39 Å². The van der Waals surface area contributed by atoms with Crippen LogP contribution in [0.3, 0.4) is 0 Å². The number of hydrogen-bond acceptors (Lipinski definition) is 2. The van der Waals surface area contributed by atoms with Crippen LogP contribution in [-0.2, 0) is 11.2 Å². The molecule has 0 unspecified atom stereocenters. The Hall–Kier alpha value is -0.740. The third-order valence-electron chi connectivity index (χ3n) is 1.89. The van der Waals surface area contributed by atoms with Crippen molar-refractivity contribution in [3.05, 3.63) is 34.1 Å². The largest absolute Gasteiger partial charge is 0.302 e. The summed E-state index contributed by atoms with van der Waals surface area (Å²) in [4.78, 5) is 13.2. The summed E-state index contributed by atoms with van der Waals surface area (Å²) < 4.78 is 14.1. The lowest BCUT2D eigenvalue weighted by molar-refractivity contribution is -0.119. The molecule has 0 amide bonds. The SMILES string of the molecule is CN(C)CC(=O)Cc1cc(Br)ccc1F. The Bertz CT molecular complexity index is 366. The second-order valence-corrected chi connectivity index (χ2v) is 4.60. The molecule has 4 heteroatoms. The third-order valence-corrected chi connectivity index (χ3v) is 2.38. The number of halogens is 2. The summed E-state index contributed by atoms with van der Waals surface area (Å²) in [6.45, 7) is 0.339. The highest BCUT2D eigenvalue weighted by atomic mass is 79.9. The molecule has 0 saturated heterocycles. The normalized spacial score (nSPS) is 10.7. The number of carbonyl (C=O) groups is 1. The molecule has 15 heavy (non-hydrogen) atoms. The van der Waals surface area contributed by atoms with Crippen molar-refractivity contribution in [3.8, 4) is 0 Å². The Labute approximate surface area is 97.2 Å². The fourth-order valence-electron chi connectivity index (χ4n) is 1.30. The maximum atomic E-state index is 13.3. The van der Waals surface area contributed by atoms with E-state index < -0.39 is 0 Å². The first kappa shape index (κ1) is 12.3. The van der Waals surface area contributed by atoms with Gasteiger partial charge >= 0.3 is 0 Å². The van der Waals surface area contributed by atoms with E-state index in [-0.39, 0.29) is 18.0 Å². The van der Waals surface area contributed by atoms with Gasteiger partial charge in [0.1, 0.15) is 5.82 Å². The first-order valence-corrected chi connectivity index (χ1v) is 5.38. The van der Waals surface area contributed by atoms with Gasteiger partial charge in [0.2, 0.25) is 0 Å². The predicted octanol–water partition coefficient (Wildman–Crippen LogP) is 2.26. The van der Waals surface area contributed by atoms with Crippen molar-refractivity contribution < 1.29 is 9.18 Å². The molecule has 0 aliphatic heterocycles. The van der Waals surface area contributed by atoms with E-state index in [1.54, 1.807) is 17.0 Å². The fourth-order valence-corrected chi connectivity index (χ4v) is 1.71.